The molecule has 0 aromatic rings. The average Bonchev–Trinajstić information content (AvgIpc) is 3.12. The van der Waals surface area contributed by atoms with Crippen LogP contribution in [0.15, 0.2) is 0 Å². The summed E-state index contributed by atoms with van der Waals surface area (Å²) < 4.78 is 109. The van der Waals surface area contributed by atoms with Crippen molar-refractivity contribution < 1.29 is 88.6 Å². The van der Waals surface area contributed by atoms with E-state index >= 15 is 0 Å². The Morgan fingerprint density at radius 3 is 0.365 bits per heavy atom. The van der Waals surface area contributed by atoms with Crippen LogP contribution in [-0.4, -0.2) is 169 Å². The standard InChI is InChI=1S/C18H42O7Si2.3C9H23NO3Si.C9H22O4Si.2H3N/c1-13(2)19-26(20-14(3)4,21-15(5)6)25-27(22-16(7)8,23-17(9)10)24-18(11)12;4*1-7(2)11-14(10,12-8(3)4)13-9(5)6;;/h13-18H,1-12H3;3*7-9H,10H2,1-6H3;7-10H,1-6H3;2*1H3. The van der Waals surface area contributed by atoms with Crippen LogP contribution in [-0.2, 0) is 83.8 Å². The summed E-state index contributed by atoms with van der Waals surface area (Å²) in [6.45, 7) is 68.5. The monoisotopic (exact) mass is 1350 g/mol. The van der Waals surface area contributed by atoms with Crippen LogP contribution in [0.3, 0.4) is 0 Å². The molecule has 0 unspecified atom stereocenters. The molecule has 0 aromatic carbocycles. The van der Waals surface area contributed by atoms with E-state index in [4.69, 9.17) is 100.0 Å². The first kappa shape index (κ1) is 98.9. The predicted octanol–water partition coefficient (Wildman–Crippen LogP) is 11.4. The van der Waals surface area contributed by atoms with E-state index in [-0.39, 0.29) is 122 Å². The first-order chi connectivity index (χ1) is 37.2. The Labute approximate surface area is 527 Å². The quantitative estimate of drug-likeness (QED) is 0.0313. The lowest BCUT2D eigenvalue weighted by Gasteiger charge is -2.40. The van der Waals surface area contributed by atoms with Crippen molar-refractivity contribution in [2.24, 2.45) is 16.2 Å². The number of nitrogens with two attached hydrogens (primary N) is 3. The third-order valence-electron chi connectivity index (χ3n) is 7.28. The molecule has 0 rings (SSSR count). The largest absolute Gasteiger partial charge is 0.677 e. The van der Waals surface area contributed by atoms with Crippen LogP contribution in [0.1, 0.15) is 249 Å². The summed E-state index contributed by atoms with van der Waals surface area (Å²) in [5.41, 5.74) is 0. The number of hydrogen-bond acceptors (Lipinski definition) is 25. The van der Waals surface area contributed by atoms with E-state index < -0.39 is 54.0 Å². The van der Waals surface area contributed by atoms with Gasteiger partial charge in [-0.3, -0.25) is 16.2 Å². The fraction of sp³-hybridized carbons (Fsp3) is 1.00. The minimum absolute atomic E-state index is 0. The molecular formula is C54H139N5O20Si6. The van der Waals surface area contributed by atoms with Gasteiger partial charge in [-0.15, -0.1) is 0 Å². The zero-order chi connectivity index (χ0) is 66.8. The first-order valence-corrected chi connectivity index (χ1v) is 40.5. The minimum atomic E-state index is -3.63. The predicted molar refractivity (Wildman–Crippen MR) is 352 cm³/mol. The fourth-order valence-corrected chi connectivity index (χ4v) is 20.9. The van der Waals surface area contributed by atoms with Crippen molar-refractivity contribution in [1.29, 1.82) is 0 Å². The lowest BCUT2D eigenvalue weighted by molar-refractivity contribution is -0.108. The zero-order valence-electron chi connectivity index (χ0n) is 60.7. The van der Waals surface area contributed by atoms with Crippen molar-refractivity contribution in [3.63, 3.8) is 0 Å². The van der Waals surface area contributed by atoms with Gasteiger partial charge >= 0.3 is 54.0 Å². The van der Waals surface area contributed by atoms with Gasteiger partial charge in [0, 0.05) is 110 Å². The summed E-state index contributed by atoms with van der Waals surface area (Å²) in [6.07, 6.45) is -1.17. The Bertz CT molecular complexity index is 1210. The Hall–Kier alpha value is 0.301. The van der Waals surface area contributed by atoms with Crippen LogP contribution in [0.4, 0.5) is 0 Å². The topological polar surface area (TPSA) is 344 Å². The second-order valence-corrected chi connectivity index (χ2v) is 36.2. The van der Waals surface area contributed by atoms with Gasteiger partial charge in [0.25, 0.3) is 0 Å². The van der Waals surface area contributed by atoms with E-state index in [0.717, 1.165) is 0 Å². The van der Waals surface area contributed by atoms with Crippen LogP contribution < -0.4 is 28.5 Å². The Kier molecular flexibility index (Phi) is 57.0. The summed E-state index contributed by atoms with van der Waals surface area (Å²) in [4.78, 5) is 9.99. The highest BCUT2D eigenvalue weighted by Crippen LogP contribution is 2.29. The lowest BCUT2D eigenvalue weighted by Crippen LogP contribution is -2.65. The molecule has 0 saturated heterocycles. The maximum absolute atomic E-state index is 9.99. The molecule has 0 radical (unpaired) electrons. The van der Waals surface area contributed by atoms with Crippen LogP contribution >= 0.6 is 0 Å². The van der Waals surface area contributed by atoms with E-state index in [1.165, 1.54) is 0 Å². The first-order valence-electron chi connectivity index (χ1n) is 30.2. The van der Waals surface area contributed by atoms with Gasteiger partial charge in [-0.2, -0.15) is 0 Å². The van der Waals surface area contributed by atoms with Crippen molar-refractivity contribution in [2.45, 2.75) is 359 Å². The van der Waals surface area contributed by atoms with Crippen molar-refractivity contribution in [2.75, 3.05) is 0 Å². The summed E-state index contributed by atoms with van der Waals surface area (Å²) in [6, 6.07) is 0. The molecule has 25 nitrogen and oxygen atoms in total. The molecule has 0 aliphatic rings. The molecule has 0 spiro atoms. The third kappa shape index (κ3) is 61.6. The maximum atomic E-state index is 9.99. The second-order valence-electron chi connectivity index (χ2n) is 24.4. The molecule has 31 heteroatoms. The van der Waals surface area contributed by atoms with Crippen LogP contribution in [0.25, 0.3) is 0 Å². The molecule has 524 valence electrons. The molecule has 0 bridgehead atoms. The van der Waals surface area contributed by atoms with E-state index in [2.05, 4.69) is 0 Å². The number of rotatable bonds is 38. The summed E-state index contributed by atoms with van der Waals surface area (Å²) in [7, 11) is -19.5. The Morgan fingerprint density at radius 1 is 0.188 bits per heavy atom. The Morgan fingerprint density at radius 2 is 0.282 bits per heavy atom. The van der Waals surface area contributed by atoms with Gasteiger partial charge in [0.2, 0.25) is 0 Å². The third-order valence-corrected chi connectivity index (χ3v) is 23.4. The smallest absolute Gasteiger partial charge is 0.367 e. The SMILES string of the molecule is CC(C)O[Si](N)(OC(C)C)OC(C)C.CC(C)O[Si](N)(OC(C)C)OC(C)C.CC(C)O[Si](N)(OC(C)C)OC(C)C.CC(C)O[Si](O)(OC(C)C)OC(C)C.CC(C)O[Si](OC(C)C)(OC(C)C)O[Si](OC(C)C)(OC(C)C)OC(C)C.N.N. The molecule has 0 saturated carbocycles. The van der Waals surface area contributed by atoms with Crippen molar-refractivity contribution in [3.05, 3.63) is 0 Å². The molecule has 13 N–H and O–H groups in total. The average molecular weight is 1350 g/mol. The minimum Gasteiger partial charge on any atom is -0.367 e. The van der Waals surface area contributed by atoms with Crippen LogP contribution in [0.5, 0.6) is 0 Å². The van der Waals surface area contributed by atoms with Crippen LogP contribution in [0.2, 0.25) is 0 Å². The van der Waals surface area contributed by atoms with Gasteiger partial charge < -0.3 is 101 Å². The van der Waals surface area contributed by atoms with Gasteiger partial charge in [0.1, 0.15) is 0 Å². The Balaban J connectivity index is -0.000000184. The highest BCUT2D eigenvalue weighted by molar-refractivity contribution is 6.68. The van der Waals surface area contributed by atoms with Crippen LogP contribution in [0, 0.1) is 0 Å². The highest BCUT2D eigenvalue weighted by Gasteiger charge is 2.62. The molecule has 0 fully saturated rings. The molecule has 0 aliphatic heterocycles. The van der Waals surface area contributed by atoms with E-state index in [0.29, 0.717) is 0 Å². The van der Waals surface area contributed by atoms with Gasteiger partial charge in [-0.05, 0) is 249 Å². The number of hydrogen-bond donors (Lipinski definition) is 6. The van der Waals surface area contributed by atoms with Crippen molar-refractivity contribution in [1.82, 2.24) is 12.3 Å². The van der Waals surface area contributed by atoms with E-state index in [1.807, 2.05) is 249 Å². The zero-order valence-corrected chi connectivity index (χ0v) is 66.7. The lowest BCUT2D eigenvalue weighted by atomic mass is 10.5. The molecule has 0 heterocycles. The fourth-order valence-electron chi connectivity index (χ4n) is 6.38. The van der Waals surface area contributed by atoms with Gasteiger partial charge in [-0.1, -0.05) is 0 Å². The molecule has 0 aliphatic carbocycles. The normalized spacial score (nSPS) is 13.2. The van der Waals surface area contributed by atoms with E-state index in [1.54, 1.807) is 0 Å². The summed E-state index contributed by atoms with van der Waals surface area (Å²) >= 11 is 0. The summed E-state index contributed by atoms with van der Waals surface area (Å²) in [5, 5.41) is 17.9. The molecular weight excluding hydrogens is 1210 g/mol. The highest BCUT2D eigenvalue weighted by atomic mass is 28.5. The second kappa shape index (κ2) is 49.0. The van der Waals surface area contributed by atoms with Gasteiger partial charge in [-0.25, -0.2) is 0 Å². The molecule has 0 atom stereocenters. The van der Waals surface area contributed by atoms with Gasteiger partial charge in [0.05, 0.1) is 0 Å². The van der Waals surface area contributed by atoms with Gasteiger partial charge in [0.15, 0.2) is 0 Å². The van der Waals surface area contributed by atoms with E-state index in [9.17, 15) is 4.80 Å². The summed E-state index contributed by atoms with van der Waals surface area (Å²) in [5.74, 6) is 0. The molecule has 0 amide bonds. The molecule has 85 heavy (non-hydrogen) atoms. The molecule has 0 aromatic heterocycles. The van der Waals surface area contributed by atoms with Crippen molar-refractivity contribution >= 4 is 54.0 Å². The maximum Gasteiger partial charge on any atom is 0.677 e. The van der Waals surface area contributed by atoms with Crippen molar-refractivity contribution in [3.8, 4) is 0 Å².